The first-order chi connectivity index (χ1) is 12.0. The topological polar surface area (TPSA) is 47.8 Å². The first kappa shape index (κ1) is 17.4. The number of carbonyl (C=O) groups excluding carboxylic acids is 1. The highest BCUT2D eigenvalue weighted by Gasteiger charge is 2.19. The van der Waals surface area contributed by atoms with Crippen molar-refractivity contribution in [3.05, 3.63) is 66.0 Å². The fraction of sp³-hybridized carbons (Fsp3) is 0.211. The Labute approximate surface area is 150 Å². The SMILES string of the molecule is CC(=O)C(C)Sc1nnc(-c2ccc(F)cc2)n1Cc1ccccc1. The van der Waals surface area contributed by atoms with Crippen molar-refractivity contribution in [2.45, 2.75) is 30.8 Å². The van der Waals surface area contributed by atoms with Gasteiger partial charge < -0.3 is 0 Å². The number of halogens is 1. The maximum absolute atomic E-state index is 13.2. The second-order valence-electron chi connectivity index (χ2n) is 5.76. The van der Waals surface area contributed by atoms with Gasteiger partial charge in [0.25, 0.3) is 0 Å². The van der Waals surface area contributed by atoms with Crippen LogP contribution in [0.15, 0.2) is 59.8 Å². The number of benzene rings is 2. The van der Waals surface area contributed by atoms with Crippen LogP contribution in [0.5, 0.6) is 0 Å². The van der Waals surface area contributed by atoms with Crippen molar-refractivity contribution in [1.29, 1.82) is 0 Å². The third-order valence-electron chi connectivity index (χ3n) is 3.86. The van der Waals surface area contributed by atoms with Crippen LogP contribution in [0, 0.1) is 5.82 Å². The lowest BCUT2D eigenvalue weighted by atomic mass is 10.2. The van der Waals surface area contributed by atoms with Crippen molar-refractivity contribution >= 4 is 17.5 Å². The Hall–Kier alpha value is -2.47. The first-order valence-electron chi connectivity index (χ1n) is 7.95. The number of carbonyl (C=O) groups is 1. The molecule has 0 aliphatic rings. The fourth-order valence-electron chi connectivity index (χ4n) is 2.34. The number of nitrogens with zero attached hydrogens (tertiary/aromatic N) is 3. The summed E-state index contributed by atoms with van der Waals surface area (Å²) in [6, 6.07) is 16.1. The normalized spacial score (nSPS) is 12.1. The zero-order valence-corrected chi connectivity index (χ0v) is 14.8. The smallest absolute Gasteiger partial charge is 0.192 e. The van der Waals surface area contributed by atoms with Gasteiger partial charge in [0.2, 0.25) is 0 Å². The molecule has 0 radical (unpaired) electrons. The molecular formula is C19H18FN3OS. The standard InChI is InChI=1S/C19H18FN3OS/c1-13(24)14(2)25-19-22-21-18(16-8-10-17(20)11-9-16)23(19)12-15-6-4-3-5-7-15/h3-11,14H,12H2,1-2H3. The van der Waals surface area contributed by atoms with Crippen LogP contribution >= 0.6 is 11.8 Å². The lowest BCUT2D eigenvalue weighted by Gasteiger charge is -2.12. The van der Waals surface area contributed by atoms with E-state index in [0.717, 1.165) is 11.1 Å². The zero-order valence-electron chi connectivity index (χ0n) is 14.0. The third kappa shape index (κ3) is 4.14. The van der Waals surface area contributed by atoms with Crippen LogP contribution in [0.3, 0.4) is 0 Å². The maximum atomic E-state index is 13.2. The van der Waals surface area contributed by atoms with Crippen LogP contribution in [0.2, 0.25) is 0 Å². The lowest BCUT2D eigenvalue weighted by Crippen LogP contribution is -2.11. The van der Waals surface area contributed by atoms with E-state index in [0.29, 0.717) is 17.5 Å². The predicted molar refractivity (Wildman–Crippen MR) is 97.0 cm³/mol. The third-order valence-corrected chi connectivity index (χ3v) is 5.06. The number of aromatic nitrogens is 3. The van der Waals surface area contributed by atoms with E-state index in [1.54, 1.807) is 19.1 Å². The summed E-state index contributed by atoms with van der Waals surface area (Å²) in [6.07, 6.45) is 0. The average Bonchev–Trinajstić information content (AvgIpc) is 2.99. The summed E-state index contributed by atoms with van der Waals surface area (Å²) in [5.41, 5.74) is 1.88. The molecule has 2 aromatic carbocycles. The van der Waals surface area contributed by atoms with Gasteiger partial charge in [-0.3, -0.25) is 9.36 Å². The Morgan fingerprint density at radius 3 is 2.44 bits per heavy atom. The molecule has 0 bridgehead atoms. The molecule has 1 aromatic heterocycles. The van der Waals surface area contributed by atoms with E-state index in [4.69, 9.17) is 0 Å². The monoisotopic (exact) mass is 355 g/mol. The van der Waals surface area contributed by atoms with E-state index in [9.17, 15) is 9.18 Å². The van der Waals surface area contributed by atoms with Crippen molar-refractivity contribution < 1.29 is 9.18 Å². The second kappa shape index (κ2) is 7.61. The van der Waals surface area contributed by atoms with Crippen LogP contribution in [-0.2, 0) is 11.3 Å². The minimum atomic E-state index is -0.294. The summed E-state index contributed by atoms with van der Waals surface area (Å²) in [6.45, 7) is 4.00. The van der Waals surface area contributed by atoms with Crippen LogP contribution in [0.25, 0.3) is 11.4 Å². The van der Waals surface area contributed by atoms with Gasteiger partial charge in [-0.15, -0.1) is 10.2 Å². The summed E-state index contributed by atoms with van der Waals surface area (Å²) in [7, 11) is 0. The Kier molecular flexibility index (Phi) is 5.28. The van der Waals surface area contributed by atoms with Crippen molar-refractivity contribution in [3.63, 3.8) is 0 Å². The largest absolute Gasteiger partial charge is 0.299 e. The fourth-order valence-corrected chi connectivity index (χ4v) is 3.19. The molecule has 0 aliphatic carbocycles. The predicted octanol–water partition coefficient (Wildman–Crippen LogP) is 4.20. The molecule has 1 unspecified atom stereocenters. The van der Waals surface area contributed by atoms with Crippen LogP contribution in [0.1, 0.15) is 19.4 Å². The van der Waals surface area contributed by atoms with Crippen LogP contribution < -0.4 is 0 Å². The van der Waals surface area contributed by atoms with Gasteiger partial charge in [-0.25, -0.2) is 4.39 Å². The van der Waals surface area contributed by atoms with Crippen molar-refractivity contribution in [3.8, 4) is 11.4 Å². The molecule has 25 heavy (non-hydrogen) atoms. The Bertz CT molecular complexity index is 862. The molecule has 0 spiro atoms. The number of rotatable bonds is 6. The van der Waals surface area contributed by atoms with E-state index in [1.807, 2.05) is 41.8 Å². The summed E-state index contributed by atoms with van der Waals surface area (Å²) in [5.74, 6) is 0.447. The van der Waals surface area contributed by atoms with E-state index in [1.165, 1.54) is 23.9 Å². The summed E-state index contributed by atoms with van der Waals surface area (Å²) in [5, 5.41) is 9.01. The highest BCUT2D eigenvalue weighted by atomic mass is 32.2. The molecule has 0 fully saturated rings. The number of hydrogen-bond donors (Lipinski definition) is 0. The van der Waals surface area contributed by atoms with Gasteiger partial charge in [0, 0.05) is 5.56 Å². The van der Waals surface area contributed by atoms with E-state index < -0.39 is 0 Å². The molecule has 0 N–H and O–H groups in total. The molecule has 0 saturated heterocycles. The summed E-state index contributed by atoms with van der Waals surface area (Å²) < 4.78 is 15.2. The number of ketones is 1. The average molecular weight is 355 g/mol. The molecule has 1 atom stereocenters. The second-order valence-corrected chi connectivity index (χ2v) is 7.06. The number of Topliss-reactive ketones (excluding diaryl/α,β-unsaturated/α-hetero) is 1. The van der Waals surface area contributed by atoms with Crippen molar-refractivity contribution in [2.24, 2.45) is 0 Å². The zero-order chi connectivity index (χ0) is 17.8. The highest BCUT2D eigenvalue weighted by Crippen LogP contribution is 2.28. The molecule has 0 aliphatic heterocycles. The van der Waals surface area contributed by atoms with Crippen molar-refractivity contribution in [1.82, 2.24) is 14.8 Å². The molecule has 3 rings (SSSR count). The Balaban J connectivity index is 2.01. The molecule has 0 saturated carbocycles. The Morgan fingerprint density at radius 2 is 1.80 bits per heavy atom. The minimum absolute atomic E-state index is 0.0857. The van der Waals surface area contributed by atoms with Gasteiger partial charge in [0.15, 0.2) is 11.0 Å². The molecule has 3 aromatic rings. The van der Waals surface area contributed by atoms with Gasteiger partial charge in [0.05, 0.1) is 11.8 Å². The Morgan fingerprint density at radius 1 is 1.12 bits per heavy atom. The minimum Gasteiger partial charge on any atom is -0.299 e. The van der Waals surface area contributed by atoms with Crippen molar-refractivity contribution in [2.75, 3.05) is 0 Å². The highest BCUT2D eigenvalue weighted by molar-refractivity contribution is 8.00. The molecule has 128 valence electrons. The van der Waals surface area contributed by atoms with Crippen LogP contribution in [0.4, 0.5) is 4.39 Å². The van der Waals surface area contributed by atoms with E-state index in [-0.39, 0.29) is 16.9 Å². The lowest BCUT2D eigenvalue weighted by molar-refractivity contribution is -0.116. The molecular weight excluding hydrogens is 337 g/mol. The van der Waals surface area contributed by atoms with Gasteiger partial charge in [-0.1, -0.05) is 42.1 Å². The molecule has 0 amide bonds. The molecule has 4 nitrogen and oxygen atoms in total. The summed E-state index contributed by atoms with van der Waals surface area (Å²) in [4.78, 5) is 11.6. The molecule has 6 heteroatoms. The van der Waals surface area contributed by atoms with Gasteiger partial charge in [-0.2, -0.15) is 0 Å². The quantitative estimate of drug-likeness (QED) is 0.622. The van der Waals surface area contributed by atoms with E-state index >= 15 is 0 Å². The van der Waals surface area contributed by atoms with Gasteiger partial charge in [0.1, 0.15) is 11.6 Å². The van der Waals surface area contributed by atoms with Crippen LogP contribution in [-0.4, -0.2) is 25.8 Å². The number of thioether (sulfide) groups is 1. The van der Waals surface area contributed by atoms with E-state index in [2.05, 4.69) is 10.2 Å². The first-order valence-corrected chi connectivity index (χ1v) is 8.82. The number of hydrogen-bond acceptors (Lipinski definition) is 4. The molecule has 1 heterocycles. The maximum Gasteiger partial charge on any atom is 0.192 e. The van der Waals surface area contributed by atoms with Gasteiger partial charge in [-0.05, 0) is 43.7 Å². The van der Waals surface area contributed by atoms with Gasteiger partial charge >= 0.3 is 0 Å². The summed E-state index contributed by atoms with van der Waals surface area (Å²) >= 11 is 1.38.